The molecule has 13 rings (SSSR count). The van der Waals surface area contributed by atoms with E-state index in [1.807, 2.05) is 11.3 Å². The van der Waals surface area contributed by atoms with Crippen LogP contribution in [0.25, 0.3) is 92.0 Å². The molecule has 0 radical (unpaired) electrons. The lowest BCUT2D eigenvalue weighted by Crippen LogP contribution is -2.55. The molecule has 0 saturated carbocycles. The third kappa shape index (κ3) is 2.48. The minimum absolute atomic E-state index is 0.0140. The van der Waals surface area contributed by atoms with Crippen LogP contribution < -0.4 is 10.9 Å². The molecule has 0 atom stereocenters. The summed E-state index contributed by atoms with van der Waals surface area (Å²) in [6, 6.07) is 43.0. The van der Waals surface area contributed by atoms with Gasteiger partial charge < -0.3 is 13.5 Å². The van der Waals surface area contributed by atoms with Gasteiger partial charge in [-0.3, -0.25) is 0 Å². The van der Waals surface area contributed by atoms with Crippen LogP contribution in [0, 0.1) is 0 Å². The molecule has 10 aromatic rings. The molecule has 48 heavy (non-hydrogen) atoms. The first-order chi connectivity index (χ1) is 23.6. The summed E-state index contributed by atoms with van der Waals surface area (Å²) in [7, 11) is 0. The summed E-state index contributed by atoms with van der Waals surface area (Å²) in [5.74, 6) is 0. The normalized spacial score (nSPS) is 15.0. The van der Waals surface area contributed by atoms with E-state index in [2.05, 4.69) is 138 Å². The van der Waals surface area contributed by atoms with Crippen molar-refractivity contribution in [1.82, 2.24) is 9.05 Å². The summed E-state index contributed by atoms with van der Waals surface area (Å²) in [5.41, 5.74) is 16.5. The van der Waals surface area contributed by atoms with Crippen molar-refractivity contribution in [3.05, 3.63) is 127 Å². The molecule has 0 unspecified atom stereocenters. The fourth-order valence-electron chi connectivity index (χ4n) is 10.1. The molecule has 1 aliphatic carbocycles. The van der Waals surface area contributed by atoms with E-state index in [0.717, 1.165) is 11.2 Å². The number of para-hydroxylation sites is 3. The Balaban J connectivity index is 1.32. The highest BCUT2D eigenvalue weighted by atomic mass is 32.1. The average Bonchev–Trinajstić information content (AvgIpc) is 3.89. The van der Waals surface area contributed by atoms with Crippen LogP contribution in [0.4, 0.5) is 0 Å². The first-order valence-corrected chi connectivity index (χ1v) is 17.6. The largest absolute Gasteiger partial charge is 0.455 e. The van der Waals surface area contributed by atoms with Crippen LogP contribution in [-0.4, -0.2) is 15.9 Å². The molecule has 6 heterocycles. The molecule has 3 nitrogen and oxygen atoms in total. The van der Waals surface area contributed by atoms with Crippen molar-refractivity contribution < 1.29 is 4.42 Å². The van der Waals surface area contributed by atoms with Gasteiger partial charge >= 0.3 is 6.85 Å². The zero-order valence-corrected chi connectivity index (χ0v) is 27.1. The van der Waals surface area contributed by atoms with Crippen LogP contribution in [0.15, 0.2) is 120 Å². The van der Waals surface area contributed by atoms with E-state index in [9.17, 15) is 0 Å². The van der Waals surface area contributed by atoms with Gasteiger partial charge in [0.15, 0.2) is 0 Å². The first kappa shape index (κ1) is 24.6. The van der Waals surface area contributed by atoms with Crippen molar-refractivity contribution in [2.75, 3.05) is 0 Å². The Hall–Kier alpha value is -5.52. The Morgan fingerprint density at radius 3 is 2.35 bits per heavy atom. The lowest BCUT2D eigenvalue weighted by atomic mass is 9.45. The molecule has 222 valence electrons. The van der Waals surface area contributed by atoms with Gasteiger partial charge in [0, 0.05) is 76.0 Å². The van der Waals surface area contributed by atoms with Crippen molar-refractivity contribution in [2.45, 2.75) is 19.3 Å². The summed E-state index contributed by atoms with van der Waals surface area (Å²) >= 11 is 1.93. The van der Waals surface area contributed by atoms with Gasteiger partial charge in [-0.15, -0.1) is 11.3 Å². The SMILES string of the molecule is CC1(C)c2ccccc2-c2c1n1c3c(cccc23)B2c3c-1cc1c(oc4ccccc41)c3-c1cccc3c4c5ccccc5sc4n2c13. The molecule has 0 spiro atoms. The molecular weight excluding hydrogens is 603 g/mol. The van der Waals surface area contributed by atoms with Crippen LogP contribution in [0.2, 0.25) is 0 Å². The zero-order valence-electron chi connectivity index (χ0n) is 26.3. The van der Waals surface area contributed by atoms with Gasteiger partial charge in [0.05, 0.1) is 10.3 Å². The highest BCUT2D eigenvalue weighted by molar-refractivity contribution is 7.26. The van der Waals surface area contributed by atoms with E-state index in [4.69, 9.17) is 4.42 Å². The van der Waals surface area contributed by atoms with Gasteiger partial charge in [0.2, 0.25) is 0 Å². The second-order valence-corrected chi connectivity index (χ2v) is 15.4. The van der Waals surface area contributed by atoms with Crippen molar-refractivity contribution >= 4 is 93.2 Å². The van der Waals surface area contributed by atoms with Gasteiger partial charge in [-0.1, -0.05) is 111 Å². The second kappa shape index (κ2) is 7.78. The Morgan fingerprint density at radius 1 is 0.667 bits per heavy atom. The van der Waals surface area contributed by atoms with E-state index in [-0.39, 0.29) is 12.3 Å². The number of nitrogens with zero attached hydrogens (tertiary/aromatic N) is 2. The van der Waals surface area contributed by atoms with Crippen molar-refractivity contribution in [3.8, 4) is 27.9 Å². The summed E-state index contributed by atoms with van der Waals surface area (Å²) in [5, 5.41) is 7.74. The van der Waals surface area contributed by atoms with Gasteiger partial charge in [-0.05, 0) is 40.3 Å². The third-order valence-corrected chi connectivity index (χ3v) is 13.0. The quantitative estimate of drug-likeness (QED) is 0.153. The highest BCUT2D eigenvalue weighted by Crippen LogP contribution is 2.55. The monoisotopic (exact) mass is 628 g/mol. The molecule has 0 N–H and O–H groups in total. The van der Waals surface area contributed by atoms with Gasteiger partial charge in [0.25, 0.3) is 0 Å². The second-order valence-electron chi connectivity index (χ2n) is 14.4. The molecule has 2 aliphatic heterocycles. The summed E-state index contributed by atoms with van der Waals surface area (Å²) < 4.78 is 13.6. The van der Waals surface area contributed by atoms with Gasteiger partial charge in [-0.25, -0.2) is 0 Å². The summed E-state index contributed by atoms with van der Waals surface area (Å²) in [6.07, 6.45) is 0. The maximum atomic E-state index is 6.91. The molecular formula is C43H25BN2OS. The fourth-order valence-corrected chi connectivity index (χ4v) is 11.3. The maximum Gasteiger partial charge on any atom is 0.333 e. The number of rotatable bonds is 0. The molecule has 0 amide bonds. The first-order valence-electron chi connectivity index (χ1n) is 16.8. The molecule has 4 aromatic heterocycles. The zero-order chi connectivity index (χ0) is 31.2. The topological polar surface area (TPSA) is 23.0 Å². The molecule has 6 aromatic carbocycles. The third-order valence-electron chi connectivity index (χ3n) is 11.8. The minimum Gasteiger partial charge on any atom is -0.455 e. The Morgan fingerprint density at radius 2 is 1.42 bits per heavy atom. The van der Waals surface area contributed by atoms with E-state index in [1.165, 1.54) is 103 Å². The van der Waals surface area contributed by atoms with E-state index >= 15 is 0 Å². The fraction of sp³-hybridized carbons (Fsp3) is 0.0698. The number of furan rings is 1. The Kier molecular flexibility index (Phi) is 3.99. The molecule has 3 aliphatic rings. The molecule has 5 heteroatoms. The number of benzene rings is 6. The van der Waals surface area contributed by atoms with Crippen molar-refractivity contribution in [1.29, 1.82) is 0 Å². The van der Waals surface area contributed by atoms with E-state index in [0.29, 0.717) is 0 Å². The number of hydrogen-bond donors (Lipinski definition) is 0. The molecule has 0 saturated heterocycles. The predicted molar refractivity (Wildman–Crippen MR) is 202 cm³/mol. The highest BCUT2D eigenvalue weighted by Gasteiger charge is 2.48. The molecule has 0 bridgehead atoms. The Bertz CT molecular complexity index is 3170. The molecule has 0 fully saturated rings. The van der Waals surface area contributed by atoms with Crippen molar-refractivity contribution in [3.63, 3.8) is 0 Å². The average molecular weight is 629 g/mol. The van der Waals surface area contributed by atoms with Crippen LogP contribution >= 0.6 is 11.3 Å². The number of fused-ring (bicyclic) bond motifs is 18. The summed E-state index contributed by atoms with van der Waals surface area (Å²) in [6.45, 7) is 4.84. The van der Waals surface area contributed by atoms with Gasteiger partial charge in [-0.2, -0.15) is 0 Å². The number of thiophene rings is 1. The van der Waals surface area contributed by atoms with Crippen LogP contribution in [0.5, 0.6) is 0 Å². The lowest BCUT2D eigenvalue weighted by molar-refractivity contribution is 0.624. The standard InChI is InChI=1S/C43H25BN2OS/c1-43(2)29-17-6-3-12-23(29)34-25-16-10-18-30-39(25)45(41(34)43)31-21-28-22-11-4-7-19-32(22)47-40(28)36-27-15-9-14-26-35-24-13-5-8-20-33(24)48-42(35)46(38(26)27)44(30)37(31)36/h3-21H,1-2H3. The Labute approximate surface area is 279 Å². The van der Waals surface area contributed by atoms with Gasteiger partial charge in [0.1, 0.15) is 11.2 Å². The van der Waals surface area contributed by atoms with Crippen molar-refractivity contribution in [2.24, 2.45) is 0 Å². The van der Waals surface area contributed by atoms with Crippen LogP contribution in [0.1, 0.15) is 25.1 Å². The number of hydrogen-bond acceptors (Lipinski definition) is 2. The van der Waals surface area contributed by atoms with Crippen LogP contribution in [0.3, 0.4) is 0 Å². The smallest absolute Gasteiger partial charge is 0.333 e. The summed E-state index contributed by atoms with van der Waals surface area (Å²) in [4.78, 5) is 1.35. The maximum absolute atomic E-state index is 6.91. The van der Waals surface area contributed by atoms with E-state index in [1.54, 1.807) is 0 Å². The minimum atomic E-state index is -0.165. The predicted octanol–water partition coefficient (Wildman–Crippen LogP) is 10.1. The lowest BCUT2D eigenvalue weighted by Gasteiger charge is -2.35. The van der Waals surface area contributed by atoms with Crippen LogP contribution in [-0.2, 0) is 5.41 Å². The number of aromatic nitrogens is 2. The van der Waals surface area contributed by atoms with E-state index < -0.39 is 0 Å².